The van der Waals surface area contributed by atoms with Crippen LogP contribution in [0.25, 0.3) is 11.0 Å². The van der Waals surface area contributed by atoms with E-state index in [1.165, 1.54) is 15.6 Å². The predicted octanol–water partition coefficient (Wildman–Crippen LogP) is 1.29. The summed E-state index contributed by atoms with van der Waals surface area (Å²) in [6.07, 6.45) is 1.51. The van der Waals surface area contributed by atoms with Crippen LogP contribution in [0.3, 0.4) is 0 Å². The van der Waals surface area contributed by atoms with Gasteiger partial charge in [0.25, 0.3) is 5.56 Å². The van der Waals surface area contributed by atoms with E-state index in [4.69, 9.17) is 11.6 Å². The van der Waals surface area contributed by atoms with Gasteiger partial charge in [-0.15, -0.1) is 5.10 Å². The van der Waals surface area contributed by atoms with Crippen molar-refractivity contribution >= 4 is 28.3 Å². The first-order valence-electron chi connectivity index (χ1n) is 6.40. The van der Waals surface area contributed by atoms with Crippen LogP contribution in [0.1, 0.15) is 0 Å². The second kappa shape index (κ2) is 5.53. The van der Waals surface area contributed by atoms with Gasteiger partial charge in [-0.2, -0.15) is 5.10 Å². The molecule has 2 heterocycles. The maximum atomic E-state index is 12.2. The molecule has 3 rings (SSSR count). The second-order valence-electron chi connectivity index (χ2n) is 4.56. The Kier molecular flexibility index (Phi) is 3.57. The van der Waals surface area contributed by atoms with Crippen LogP contribution in [-0.2, 0) is 13.6 Å². The lowest BCUT2D eigenvalue weighted by Crippen LogP contribution is -2.27. The molecule has 108 valence electrons. The van der Waals surface area contributed by atoms with Crippen molar-refractivity contribution < 1.29 is 0 Å². The summed E-state index contributed by atoms with van der Waals surface area (Å²) in [6.45, 7) is 0.973. The van der Waals surface area contributed by atoms with Crippen LogP contribution in [0.15, 0.2) is 35.3 Å². The number of anilines is 1. The van der Waals surface area contributed by atoms with Crippen LogP contribution in [0, 0.1) is 0 Å². The Balaban J connectivity index is 1.72. The summed E-state index contributed by atoms with van der Waals surface area (Å²) in [5, 5.41) is 16.3. The van der Waals surface area contributed by atoms with Crippen molar-refractivity contribution in [3.8, 4) is 0 Å². The van der Waals surface area contributed by atoms with Gasteiger partial charge in [0.15, 0.2) is 5.65 Å². The van der Waals surface area contributed by atoms with Gasteiger partial charge in [-0.3, -0.25) is 4.79 Å². The molecule has 21 heavy (non-hydrogen) atoms. The molecule has 1 N–H and O–H groups in total. The van der Waals surface area contributed by atoms with E-state index >= 15 is 0 Å². The van der Waals surface area contributed by atoms with E-state index in [9.17, 15) is 4.79 Å². The fourth-order valence-electron chi connectivity index (χ4n) is 2.00. The highest BCUT2D eigenvalue weighted by Gasteiger charge is 2.08. The Morgan fingerprint density at radius 2 is 2.05 bits per heavy atom. The Morgan fingerprint density at radius 1 is 1.29 bits per heavy atom. The molecule has 2 aromatic heterocycles. The van der Waals surface area contributed by atoms with Gasteiger partial charge in [0, 0.05) is 24.3 Å². The fraction of sp³-hybridized carbons (Fsp3) is 0.231. The normalized spacial score (nSPS) is 11.0. The number of hydrogen-bond donors (Lipinski definition) is 1. The molecule has 0 radical (unpaired) electrons. The maximum absolute atomic E-state index is 12.2. The van der Waals surface area contributed by atoms with Crippen molar-refractivity contribution in [2.45, 2.75) is 6.54 Å². The maximum Gasteiger partial charge on any atom is 0.280 e. The Hall–Kier alpha value is -2.41. The first kappa shape index (κ1) is 13.6. The smallest absolute Gasteiger partial charge is 0.280 e. The number of nitrogens with one attached hydrogen (secondary N) is 1. The summed E-state index contributed by atoms with van der Waals surface area (Å²) in [6, 6.07) is 7.36. The molecule has 0 fully saturated rings. The fourth-order valence-corrected chi connectivity index (χ4v) is 2.12. The lowest BCUT2D eigenvalue weighted by molar-refractivity contribution is 0.563. The summed E-state index contributed by atoms with van der Waals surface area (Å²) in [5.74, 6) is 0. The minimum absolute atomic E-state index is 0.189. The Morgan fingerprint density at radius 3 is 2.81 bits per heavy atom. The topological polar surface area (TPSA) is 77.6 Å². The van der Waals surface area contributed by atoms with Gasteiger partial charge < -0.3 is 5.32 Å². The molecule has 0 aliphatic rings. The number of aromatic nitrogens is 5. The van der Waals surface area contributed by atoms with Crippen LogP contribution < -0.4 is 10.9 Å². The molecule has 1 aromatic carbocycles. The van der Waals surface area contributed by atoms with Gasteiger partial charge in [0.2, 0.25) is 0 Å². The summed E-state index contributed by atoms with van der Waals surface area (Å²) in [4.78, 5) is 12.2. The highest BCUT2D eigenvalue weighted by atomic mass is 35.5. The van der Waals surface area contributed by atoms with E-state index in [1.807, 2.05) is 12.1 Å². The van der Waals surface area contributed by atoms with Gasteiger partial charge in [-0.05, 0) is 24.3 Å². The lowest BCUT2D eigenvalue weighted by Gasteiger charge is -2.07. The Bertz CT molecular complexity index is 823. The third kappa shape index (κ3) is 2.73. The van der Waals surface area contributed by atoms with Crippen LogP contribution in [0.4, 0.5) is 5.69 Å². The first-order valence-corrected chi connectivity index (χ1v) is 6.78. The molecule has 0 atom stereocenters. The van der Waals surface area contributed by atoms with E-state index in [2.05, 4.69) is 20.7 Å². The standard InChI is InChI=1S/C13H13ClN6O/c1-19-12-11(8-16-19)13(21)20(18-17-12)7-6-15-10-4-2-9(14)3-5-10/h2-5,8,15H,6-7H2,1H3. The SMILES string of the molecule is Cn1ncc2c(=O)n(CCNc3ccc(Cl)cc3)nnc21. The van der Waals surface area contributed by atoms with Crippen molar-refractivity contribution in [1.82, 2.24) is 24.8 Å². The number of halogens is 1. The highest BCUT2D eigenvalue weighted by molar-refractivity contribution is 6.30. The summed E-state index contributed by atoms with van der Waals surface area (Å²) >= 11 is 5.82. The Labute approximate surface area is 125 Å². The first-order chi connectivity index (χ1) is 10.1. The molecule has 0 unspecified atom stereocenters. The molecule has 7 nitrogen and oxygen atoms in total. The van der Waals surface area contributed by atoms with E-state index in [0.29, 0.717) is 29.1 Å². The third-order valence-electron chi connectivity index (χ3n) is 3.12. The van der Waals surface area contributed by atoms with Crippen molar-refractivity contribution in [1.29, 1.82) is 0 Å². The zero-order chi connectivity index (χ0) is 14.8. The minimum Gasteiger partial charge on any atom is -0.383 e. The average molecular weight is 305 g/mol. The van der Waals surface area contributed by atoms with Gasteiger partial charge >= 0.3 is 0 Å². The molecule has 0 amide bonds. The zero-order valence-corrected chi connectivity index (χ0v) is 12.1. The molecule has 0 aliphatic heterocycles. The lowest BCUT2D eigenvalue weighted by atomic mass is 10.3. The molecule has 0 bridgehead atoms. The number of aryl methyl sites for hydroxylation is 1. The third-order valence-corrected chi connectivity index (χ3v) is 3.37. The van der Waals surface area contributed by atoms with E-state index in [0.717, 1.165) is 5.69 Å². The second-order valence-corrected chi connectivity index (χ2v) is 4.99. The van der Waals surface area contributed by atoms with Crippen LogP contribution in [0.2, 0.25) is 5.02 Å². The number of hydrogen-bond acceptors (Lipinski definition) is 5. The summed E-state index contributed by atoms with van der Waals surface area (Å²) < 4.78 is 2.85. The number of fused-ring (bicyclic) bond motifs is 1. The van der Waals surface area contributed by atoms with Crippen molar-refractivity contribution in [3.63, 3.8) is 0 Å². The van der Waals surface area contributed by atoms with Crippen molar-refractivity contribution in [2.24, 2.45) is 7.05 Å². The van der Waals surface area contributed by atoms with Gasteiger partial charge in [0.05, 0.1) is 12.7 Å². The summed E-state index contributed by atoms with van der Waals surface area (Å²) in [5.41, 5.74) is 1.23. The molecular formula is C13H13ClN6O. The largest absolute Gasteiger partial charge is 0.383 e. The predicted molar refractivity (Wildman–Crippen MR) is 80.5 cm³/mol. The number of benzene rings is 1. The minimum atomic E-state index is -0.189. The summed E-state index contributed by atoms with van der Waals surface area (Å²) in [7, 11) is 1.73. The van der Waals surface area contributed by atoms with E-state index in [1.54, 1.807) is 19.2 Å². The van der Waals surface area contributed by atoms with E-state index < -0.39 is 0 Å². The van der Waals surface area contributed by atoms with Gasteiger partial charge in [0.1, 0.15) is 5.39 Å². The molecule has 0 aliphatic carbocycles. The van der Waals surface area contributed by atoms with Gasteiger partial charge in [-0.25, -0.2) is 9.36 Å². The zero-order valence-electron chi connectivity index (χ0n) is 11.3. The monoisotopic (exact) mass is 304 g/mol. The molecule has 8 heteroatoms. The quantitative estimate of drug-likeness (QED) is 0.786. The van der Waals surface area contributed by atoms with Gasteiger partial charge in [-0.1, -0.05) is 16.8 Å². The number of nitrogens with zero attached hydrogens (tertiary/aromatic N) is 5. The molecule has 3 aromatic rings. The molecule has 0 saturated heterocycles. The molecular weight excluding hydrogens is 292 g/mol. The molecule has 0 saturated carbocycles. The van der Waals surface area contributed by atoms with Crippen LogP contribution in [-0.4, -0.2) is 31.3 Å². The average Bonchev–Trinajstić information content (AvgIpc) is 2.86. The van der Waals surface area contributed by atoms with Crippen molar-refractivity contribution in [3.05, 3.63) is 45.8 Å². The highest BCUT2D eigenvalue weighted by Crippen LogP contribution is 2.12. The number of rotatable bonds is 4. The molecule has 0 spiro atoms. The van der Waals surface area contributed by atoms with E-state index in [-0.39, 0.29) is 5.56 Å². The van der Waals surface area contributed by atoms with Crippen molar-refractivity contribution in [2.75, 3.05) is 11.9 Å². The van der Waals surface area contributed by atoms with Crippen LogP contribution >= 0.6 is 11.6 Å². The van der Waals surface area contributed by atoms with Crippen LogP contribution in [0.5, 0.6) is 0 Å².